The summed E-state index contributed by atoms with van der Waals surface area (Å²) in [5.41, 5.74) is 20.0. The van der Waals surface area contributed by atoms with Crippen LogP contribution in [-0.4, -0.2) is 5.71 Å². The Bertz CT molecular complexity index is 2160. The molecule has 2 heteroatoms. The van der Waals surface area contributed by atoms with Crippen molar-refractivity contribution < 1.29 is 0 Å². The molecule has 0 fully saturated rings. The van der Waals surface area contributed by atoms with Crippen molar-refractivity contribution in [2.45, 2.75) is 54.4 Å². The van der Waals surface area contributed by atoms with Gasteiger partial charge in [-0.3, -0.25) is 0 Å². The van der Waals surface area contributed by atoms with Gasteiger partial charge in [-0.15, -0.1) is 0 Å². The molecule has 0 spiro atoms. The van der Waals surface area contributed by atoms with E-state index in [9.17, 15) is 0 Å². The van der Waals surface area contributed by atoms with Crippen LogP contribution in [0.3, 0.4) is 0 Å². The number of benzene rings is 3. The first kappa shape index (κ1) is 40.8. The quantitative estimate of drug-likeness (QED) is 0.127. The molecule has 0 radical (unpaired) electrons. The van der Waals surface area contributed by atoms with Gasteiger partial charge in [0.15, 0.2) is 0 Å². The van der Waals surface area contributed by atoms with E-state index >= 15 is 0 Å². The molecule has 0 unspecified atom stereocenters. The molecule has 0 aromatic heterocycles. The minimum Gasteiger partial charge on any atom is -0.405 e. The highest BCUT2D eigenvalue weighted by Gasteiger charge is 2.15. The molecule has 0 bridgehead atoms. The van der Waals surface area contributed by atoms with Crippen molar-refractivity contribution in [1.29, 1.82) is 5.41 Å². The molecular formula is C52H56N2. The van der Waals surface area contributed by atoms with Gasteiger partial charge in [0.2, 0.25) is 0 Å². The highest BCUT2D eigenvalue weighted by Crippen LogP contribution is 2.34. The maximum Gasteiger partial charge on any atom is 0.0618 e. The summed E-state index contributed by atoms with van der Waals surface area (Å²) in [5, 5.41) is 8.90. The molecule has 0 saturated carbocycles. The summed E-state index contributed by atoms with van der Waals surface area (Å²) >= 11 is 0. The van der Waals surface area contributed by atoms with E-state index in [1.165, 1.54) is 28.5 Å². The number of allylic oxidation sites excluding steroid dienone is 21. The maximum absolute atomic E-state index is 8.90. The lowest BCUT2D eigenvalue weighted by molar-refractivity contribution is 0.542. The van der Waals surface area contributed by atoms with Crippen molar-refractivity contribution >= 4 is 16.9 Å². The van der Waals surface area contributed by atoms with Crippen LogP contribution in [0.25, 0.3) is 22.3 Å². The van der Waals surface area contributed by atoms with Crippen LogP contribution >= 0.6 is 0 Å². The van der Waals surface area contributed by atoms with E-state index in [1.54, 1.807) is 6.08 Å². The van der Waals surface area contributed by atoms with Crippen LogP contribution in [0.4, 0.5) is 0 Å². The Hall–Kier alpha value is -5.99. The average molecular weight is 709 g/mol. The van der Waals surface area contributed by atoms with Crippen LogP contribution in [-0.2, 0) is 0 Å². The summed E-state index contributed by atoms with van der Waals surface area (Å²) in [6.07, 6.45) is 30.8. The van der Waals surface area contributed by atoms with E-state index in [4.69, 9.17) is 11.1 Å². The van der Waals surface area contributed by atoms with Crippen molar-refractivity contribution in [3.05, 3.63) is 227 Å². The van der Waals surface area contributed by atoms with Gasteiger partial charge in [-0.1, -0.05) is 161 Å². The fourth-order valence-corrected chi connectivity index (χ4v) is 6.34. The Kier molecular flexibility index (Phi) is 14.9. The van der Waals surface area contributed by atoms with Gasteiger partial charge in [-0.2, -0.15) is 0 Å². The summed E-state index contributed by atoms with van der Waals surface area (Å²) in [6, 6.07) is 27.1. The Morgan fingerprint density at radius 1 is 0.815 bits per heavy atom. The molecule has 1 aliphatic carbocycles. The van der Waals surface area contributed by atoms with Crippen molar-refractivity contribution in [2.75, 3.05) is 0 Å². The number of hydrogen-bond acceptors (Lipinski definition) is 2. The number of nitrogens with two attached hydrogens (primary N) is 1. The number of nitrogens with one attached hydrogen (secondary N) is 1. The fraction of sp³-hybridized carbons (Fsp3) is 0.173. The van der Waals surface area contributed by atoms with Gasteiger partial charge in [0.1, 0.15) is 0 Å². The second-order valence-corrected chi connectivity index (χ2v) is 14.6. The molecule has 0 heterocycles. The highest BCUT2D eigenvalue weighted by molar-refractivity contribution is 6.07. The summed E-state index contributed by atoms with van der Waals surface area (Å²) in [7, 11) is 0. The maximum atomic E-state index is 8.90. The van der Waals surface area contributed by atoms with Crippen LogP contribution in [0.1, 0.15) is 71.1 Å². The monoisotopic (exact) mass is 708 g/mol. The van der Waals surface area contributed by atoms with Gasteiger partial charge >= 0.3 is 0 Å². The lowest BCUT2D eigenvalue weighted by Crippen LogP contribution is -2.04. The molecule has 0 amide bonds. The number of rotatable bonds is 14. The molecule has 2 nitrogen and oxygen atoms in total. The summed E-state index contributed by atoms with van der Waals surface area (Å²) in [4.78, 5) is 0. The van der Waals surface area contributed by atoms with Crippen LogP contribution in [0.5, 0.6) is 0 Å². The number of hydrogen-bond donors (Lipinski definition) is 2. The lowest BCUT2D eigenvalue weighted by Gasteiger charge is -2.20. The van der Waals surface area contributed by atoms with Crippen molar-refractivity contribution in [3.8, 4) is 11.1 Å². The van der Waals surface area contributed by atoms with E-state index < -0.39 is 0 Å². The topological polar surface area (TPSA) is 49.9 Å². The van der Waals surface area contributed by atoms with Gasteiger partial charge < -0.3 is 11.1 Å². The predicted molar refractivity (Wildman–Crippen MR) is 238 cm³/mol. The molecule has 3 aromatic rings. The summed E-state index contributed by atoms with van der Waals surface area (Å²) in [6.45, 7) is 21.8. The summed E-state index contributed by atoms with van der Waals surface area (Å²) in [5.74, 6) is 0. The van der Waals surface area contributed by atoms with Crippen LogP contribution < -0.4 is 5.73 Å². The van der Waals surface area contributed by atoms with Crippen LogP contribution in [0.2, 0.25) is 0 Å². The minimum absolute atomic E-state index is 0.0321. The normalized spacial score (nSPS) is 15.2. The molecular weight excluding hydrogens is 653 g/mol. The van der Waals surface area contributed by atoms with Crippen LogP contribution in [0, 0.1) is 10.8 Å². The van der Waals surface area contributed by atoms with Crippen molar-refractivity contribution in [1.82, 2.24) is 0 Å². The fourth-order valence-electron chi connectivity index (χ4n) is 6.34. The average Bonchev–Trinajstić information content (AvgIpc) is 3.17. The molecule has 1 aliphatic rings. The third-order valence-corrected chi connectivity index (χ3v) is 9.09. The smallest absolute Gasteiger partial charge is 0.0618 e. The van der Waals surface area contributed by atoms with Gasteiger partial charge in [0, 0.05) is 0 Å². The SMILES string of the molecule is C=CC(=C\C(=C)c1cccc(-c2cccc(C(/C=C\C)=C/C(=C/C(C)(C)C)C3=C(C)CCC=C3)c2)c1)/C(=C/C(=N)c1ccccc1)C(/C)=C/C=C\C=C/N. The van der Waals surface area contributed by atoms with E-state index in [1.807, 2.05) is 67.6 Å². The van der Waals surface area contributed by atoms with E-state index in [-0.39, 0.29) is 5.41 Å². The van der Waals surface area contributed by atoms with Gasteiger partial charge in [-0.25, -0.2) is 0 Å². The minimum atomic E-state index is 0.0321. The van der Waals surface area contributed by atoms with E-state index in [0.29, 0.717) is 5.71 Å². The zero-order valence-electron chi connectivity index (χ0n) is 33.0. The molecule has 4 rings (SSSR count). The van der Waals surface area contributed by atoms with Gasteiger partial charge in [0.25, 0.3) is 0 Å². The zero-order chi connectivity index (χ0) is 39.1. The second kappa shape index (κ2) is 19.7. The first-order valence-corrected chi connectivity index (χ1v) is 18.7. The van der Waals surface area contributed by atoms with E-state index in [0.717, 1.165) is 63.0 Å². The largest absolute Gasteiger partial charge is 0.405 e. The van der Waals surface area contributed by atoms with Crippen molar-refractivity contribution in [2.24, 2.45) is 11.1 Å². The van der Waals surface area contributed by atoms with E-state index in [2.05, 4.69) is 139 Å². The second-order valence-electron chi connectivity index (χ2n) is 14.6. The molecule has 3 N–H and O–H groups in total. The van der Waals surface area contributed by atoms with Gasteiger partial charge in [-0.05, 0) is 148 Å². The standard InChI is InChI=1S/C52H56N2/c1-9-21-44(35-48(37-52(6,7)8)49-30-17-16-23-38(49)3)46-28-20-29-47(34-46)45-27-19-26-43(33-45)40(5)32-41(10-2)50(39(4)22-13-12-18-31-53)36-51(54)42-24-14-11-15-25-42/h9-15,17-22,24-37,54H,2,5,16,23,53H2,1,3-4,6-8H3/b13-12-,21-9-,31-18-,39-22+,41-32+,44-35+,48-37-,50-36+,54-51?. The van der Waals surface area contributed by atoms with Crippen molar-refractivity contribution in [3.63, 3.8) is 0 Å². The first-order chi connectivity index (χ1) is 25.9. The molecule has 3 aromatic carbocycles. The third-order valence-electron chi connectivity index (χ3n) is 9.09. The predicted octanol–water partition coefficient (Wildman–Crippen LogP) is 14.0. The zero-order valence-corrected chi connectivity index (χ0v) is 33.0. The highest BCUT2D eigenvalue weighted by atomic mass is 14.5. The Morgan fingerprint density at radius 3 is 2.11 bits per heavy atom. The van der Waals surface area contributed by atoms with Gasteiger partial charge in [0.05, 0.1) is 5.71 Å². The Balaban J connectivity index is 1.74. The molecule has 0 aliphatic heterocycles. The third kappa shape index (κ3) is 11.8. The Morgan fingerprint density at radius 2 is 1.48 bits per heavy atom. The first-order valence-electron chi connectivity index (χ1n) is 18.7. The molecule has 0 saturated heterocycles. The molecule has 0 atom stereocenters. The Labute approximate surface area is 325 Å². The lowest BCUT2D eigenvalue weighted by atomic mass is 9.85. The van der Waals surface area contributed by atoms with Crippen LogP contribution in [0.15, 0.2) is 211 Å². The molecule has 274 valence electrons. The molecule has 54 heavy (non-hydrogen) atoms. The summed E-state index contributed by atoms with van der Waals surface area (Å²) < 4.78 is 0.